The number of rotatable bonds is 3. The summed E-state index contributed by atoms with van der Waals surface area (Å²) in [5.74, 6) is 0.469. The van der Waals surface area contributed by atoms with Crippen LogP contribution in [0.1, 0.15) is 60.9 Å². The average Bonchev–Trinajstić information content (AvgIpc) is 2.58. The molecule has 2 rings (SSSR count). The van der Waals surface area contributed by atoms with Crippen LogP contribution in [0.25, 0.3) is 5.57 Å². The molecule has 21 heavy (non-hydrogen) atoms. The van der Waals surface area contributed by atoms with E-state index in [1.165, 1.54) is 24.0 Å². The van der Waals surface area contributed by atoms with E-state index < -0.39 is 0 Å². The zero-order valence-electron chi connectivity index (χ0n) is 14.4. The highest BCUT2D eigenvalue weighted by atomic mass is 19.1. The molecule has 0 aromatic heterocycles. The van der Waals surface area contributed by atoms with Crippen molar-refractivity contribution in [3.8, 4) is 0 Å². The highest BCUT2D eigenvalue weighted by Gasteiger charge is 2.18. The second kappa shape index (κ2) is 12.6. The first kappa shape index (κ1) is 19.9. The van der Waals surface area contributed by atoms with Gasteiger partial charge in [0.25, 0.3) is 0 Å². The Kier molecular flexibility index (Phi) is 11.9. The van der Waals surface area contributed by atoms with E-state index >= 15 is 0 Å². The lowest BCUT2D eigenvalue weighted by molar-refractivity contribution is 0.446. The molecule has 0 saturated carbocycles. The Labute approximate surface area is 132 Å². The topological polar surface area (TPSA) is 12.0 Å². The maximum absolute atomic E-state index is 12.9. The summed E-state index contributed by atoms with van der Waals surface area (Å²) in [4.78, 5) is 0. The van der Waals surface area contributed by atoms with E-state index in [0.29, 0.717) is 5.92 Å². The zero-order valence-corrected chi connectivity index (χ0v) is 14.4. The number of nitrogens with one attached hydrogen (secondary N) is 1. The van der Waals surface area contributed by atoms with Crippen molar-refractivity contribution in [2.75, 3.05) is 13.1 Å². The molecule has 1 aromatic carbocycles. The maximum atomic E-state index is 12.9. The van der Waals surface area contributed by atoms with Crippen molar-refractivity contribution in [3.05, 3.63) is 41.7 Å². The minimum Gasteiger partial charge on any atom is -0.317 e. The molecule has 1 nitrogen and oxygen atoms in total. The van der Waals surface area contributed by atoms with Crippen LogP contribution in [-0.4, -0.2) is 13.1 Å². The van der Waals surface area contributed by atoms with Gasteiger partial charge < -0.3 is 5.32 Å². The van der Waals surface area contributed by atoms with Crippen LogP contribution in [0.15, 0.2) is 30.3 Å². The van der Waals surface area contributed by atoms with Crippen molar-refractivity contribution in [2.45, 2.75) is 53.9 Å². The zero-order chi connectivity index (χ0) is 16.1. The van der Waals surface area contributed by atoms with Crippen LogP contribution in [0.3, 0.4) is 0 Å². The molecule has 1 aromatic rings. The van der Waals surface area contributed by atoms with Crippen LogP contribution in [0.2, 0.25) is 0 Å². The number of allylic oxidation sites excluding steroid dienone is 2. The summed E-state index contributed by atoms with van der Waals surface area (Å²) in [7, 11) is 0. The van der Waals surface area contributed by atoms with Gasteiger partial charge in [-0.25, -0.2) is 4.39 Å². The molecule has 122 valence electrons. The van der Waals surface area contributed by atoms with Gasteiger partial charge in [-0.2, -0.15) is 0 Å². The van der Waals surface area contributed by atoms with Crippen molar-refractivity contribution in [2.24, 2.45) is 5.92 Å². The fourth-order valence-corrected chi connectivity index (χ4v) is 2.52. The van der Waals surface area contributed by atoms with Gasteiger partial charge in [-0.05, 0) is 61.5 Å². The highest BCUT2D eigenvalue weighted by molar-refractivity contribution is 5.67. The highest BCUT2D eigenvalue weighted by Crippen LogP contribution is 2.30. The molecule has 1 fully saturated rings. The Bertz CT molecular complexity index is 381. The quantitative estimate of drug-likeness (QED) is 0.730. The predicted molar refractivity (Wildman–Crippen MR) is 95.1 cm³/mol. The van der Waals surface area contributed by atoms with Crippen molar-refractivity contribution in [1.29, 1.82) is 0 Å². The summed E-state index contributed by atoms with van der Waals surface area (Å²) >= 11 is 0. The fraction of sp³-hybridized carbons (Fsp3) is 0.579. The van der Waals surface area contributed by atoms with Gasteiger partial charge in [-0.15, -0.1) is 0 Å². The van der Waals surface area contributed by atoms with E-state index in [0.717, 1.165) is 19.5 Å². The van der Waals surface area contributed by atoms with Gasteiger partial charge in [0.1, 0.15) is 5.82 Å². The van der Waals surface area contributed by atoms with E-state index in [2.05, 4.69) is 18.3 Å². The Morgan fingerprint density at radius 1 is 1.14 bits per heavy atom. The standard InChI is InChI=1S/C15H20FN.2C2H6.H2/c1-2-3-15(13-8-10-17-11-9-13)12-4-6-14(16)7-5-12;2*1-2;/h3-7,13,17H,2,8-11H2,1H3;2*1-2H3;1H. The molecular weight excluding hydrogens is 261 g/mol. The fourth-order valence-electron chi connectivity index (χ4n) is 2.52. The van der Waals surface area contributed by atoms with Gasteiger partial charge in [0.05, 0.1) is 0 Å². The maximum Gasteiger partial charge on any atom is 0.123 e. The minimum atomic E-state index is -0.157. The van der Waals surface area contributed by atoms with Crippen LogP contribution >= 0.6 is 0 Å². The smallest absolute Gasteiger partial charge is 0.123 e. The molecule has 0 bridgehead atoms. The average molecular weight is 295 g/mol. The molecule has 0 amide bonds. The summed E-state index contributed by atoms with van der Waals surface area (Å²) < 4.78 is 12.9. The van der Waals surface area contributed by atoms with Crippen LogP contribution < -0.4 is 5.32 Å². The third-order valence-corrected chi connectivity index (χ3v) is 3.38. The van der Waals surface area contributed by atoms with Crippen molar-refractivity contribution < 1.29 is 5.82 Å². The minimum absolute atomic E-state index is 0. The molecule has 0 radical (unpaired) electrons. The third-order valence-electron chi connectivity index (χ3n) is 3.38. The van der Waals surface area contributed by atoms with Crippen LogP contribution in [-0.2, 0) is 0 Å². The van der Waals surface area contributed by atoms with E-state index in [4.69, 9.17) is 0 Å². The first-order valence-corrected chi connectivity index (χ1v) is 8.48. The Morgan fingerprint density at radius 3 is 2.14 bits per heavy atom. The molecule has 0 atom stereocenters. The normalized spacial score (nSPS) is 15.4. The molecule has 0 unspecified atom stereocenters. The lowest BCUT2D eigenvalue weighted by Gasteiger charge is -2.25. The molecule has 1 saturated heterocycles. The van der Waals surface area contributed by atoms with Gasteiger partial charge in [-0.3, -0.25) is 0 Å². The number of benzene rings is 1. The van der Waals surface area contributed by atoms with Crippen molar-refractivity contribution in [3.63, 3.8) is 0 Å². The first-order valence-electron chi connectivity index (χ1n) is 8.48. The summed E-state index contributed by atoms with van der Waals surface area (Å²) in [6, 6.07) is 6.91. The SMILES string of the molecule is CC.CC.CCC=C(c1ccc(F)cc1)C1CCNCC1.[HH]. The van der Waals surface area contributed by atoms with E-state index in [9.17, 15) is 4.39 Å². The molecular formula is C19H34FN. The first-order chi connectivity index (χ1) is 10.3. The lowest BCUT2D eigenvalue weighted by atomic mass is 9.85. The monoisotopic (exact) mass is 295 g/mol. The second-order valence-electron chi connectivity index (χ2n) is 4.60. The molecule has 1 aliphatic heterocycles. The molecule has 1 heterocycles. The molecule has 1 aliphatic rings. The summed E-state index contributed by atoms with van der Waals surface area (Å²) in [5, 5.41) is 3.39. The van der Waals surface area contributed by atoms with Crippen LogP contribution in [0.5, 0.6) is 0 Å². The summed E-state index contributed by atoms with van der Waals surface area (Å²) in [6.45, 7) is 12.3. The van der Waals surface area contributed by atoms with Crippen LogP contribution in [0, 0.1) is 11.7 Å². The van der Waals surface area contributed by atoms with E-state index in [1.54, 1.807) is 12.1 Å². The second-order valence-corrected chi connectivity index (χ2v) is 4.60. The number of piperidine rings is 1. The van der Waals surface area contributed by atoms with Gasteiger partial charge in [-0.1, -0.05) is 52.8 Å². The van der Waals surface area contributed by atoms with Gasteiger partial charge in [0, 0.05) is 1.43 Å². The third kappa shape index (κ3) is 6.90. The van der Waals surface area contributed by atoms with Crippen molar-refractivity contribution in [1.82, 2.24) is 5.32 Å². The van der Waals surface area contributed by atoms with Gasteiger partial charge in [0.15, 0.2) is 0 Å². The predicted octanol–water partition coefficient (Wildman–Crippen LogP) is 5.92. The summed E-state index contributed by atoms with van der Waals surface area (Å²) in [5.41, 5.74) is 2.58. The summed E-state index contributed by atoms with van der Waals surface area (Å²) in [6.07, 6.45) is 5.70. The van der Waals surface area contributed by atoms with E-state index in [1.807, 2.05) is 39.8 Å². The lowest BCUT2D eigenvalue weighted by Crippen LogP contribution is -2.28. The Morgan fingerprint density at radius 2 is 1.67 bits per heavy atom. The Balaban J connectivity index is 0. The molecule has 1 N–H and O–H groups in total. The van der Waals surface area contributed by atoms with Crippen LogP contribution in [0.4, 0.5) is 4.39 Å². The molecule has 2 heteroatoms. The van der Waals surface area contributed by atoms with Gasteiger partial charge in [0.2, 0.25) is 0 Å². The molecule has 0 spiro atoms. The Hall–Kier alpha value is -1.15. The van der Waals surface area contributed by atoms with E-state index in [-0.39, 0.29) is 7.24 Å². The number of halogens is 1. The number of hydrogen-bond donors (Lipinski definition) is 1. The van der Waals surface area contributed by atoms with Crippen molar-refractivity contribution >= 4 is 5.57 Å². The van der Waals surface area contributed by atoms with Gasteiger partial charge >= 0.3 is 0 Å². The number of hydrogen-bond acceptors (Lipinski definition) is 1. The largest absolute Gasteiger partial charge is 0.317 e. The molecule has 0 aliphatic carbocycles.